The summed E-state index contributed by atoms with van der Waals surface area (Å²) in [5, 5.41) is 22.1. The number of halogens is 2. The summed E-state index contributed by atoms with van der Waals surface area (Å²) in [6.07, 6.45) is 0.552. The van der Waals surface area contributed by atoms with E-state index in [2.05, 4.69) is 5.32 Å². The third-order valence-electron chi connectivity index (χ3n) is 2.88. The molecule has 0 amide bonds. The van der Waals surface area contributed by atoms with Gasteiger partial charge in [-0.3, -0.25) is 10.1 Å². The van der Waals surface area contributed by atoms with Crippen LogP contribution < -0.4 is 5.32 Å². The molecule has 0 radical (unpaired) electrons. The fraction of sp³-hybridized carbons (Fsp3) is 0.538. The van der Waals surface area contributed by atoms with E-state index in [0.29, 0.717) is 6.54 Å². The standard InChI is InChI=1S/C13H18F2N2O3/c14-13(15)11-9-10(17(19)20)5-6-12(11)16-7-3-1-2-4-8-18/h5-6,9,13,16,18H,1-4,7-8H2. The largest absolute Gasteiger partial charge is 0.396 e. The van der Waals surface area contributed by atoms with Gasteiger partial charge in [-0.1, -0.05) is 12.8 Å². The molecule has 0 atom stereocenters. The molecule has 0 aliphatic heterocycles. The van der Waals surface area contributed by atoms with Gasteiger partial charge in [-0.25, -0.2) is 8.78 Å². The highest BCUT2D eigenvalue weighted by Gasteiger charge is 2.17. The third kappa shape index (κ3) is 5.08. The number of hydrogen-bond donors (Lipinski definition) is 2. The SMILES string of the molecule is O=[N+]([O-])c1ccc(NCCCCCCO)c(C(F)F)c1. The van der Waals surface area contributed by atoms with Gasteiger partial charge in [0.1, 0.15) is 0 Å². The highest BCUT2D eigenvalue weighted by Crippen LogP contribution is 2.30. The minimum atomic E-state index is -2.76. The number of non-ortho nitro benzene ring substituents is 1. The van der Waals surface area contributed by atoms with Crippen molar-refractivity contribution in [1.82, 2.24) is 0 Å². The van der Waals surface area contributed by atoms with Crippen molar-refractivity contribution in [3.8, 4) is 0 Å². The molecule has 0 aliphatic carbocycles. The van der Waals surface area contributed by atoms with Gasteiger partial charge >= 0.3 is 0 Å². The van der Waals surface area contributed by atoms with Crippen LogP contribution in [0.2, 0.25) is 0 Å². The molecule has 0 saturated carbocycles. The van der Waals surface area contributed by atoms with E-state index in [1.54, 1.807) is 0 Å². The Bertz CT molecular complexity index is 442. The highest BCUT2D eigenvalue weighted by atomic mass is 19.3. The number of nitrogens with one attached hydrogen (secondary N) is 1. The number of alkyl halides is 2. The van der Waals surface area contributed by atoms with Crippen LogP contribution in [0.1, 0.15) is 37.7 Å². The lowest BCUT2D eigenvalue weighted by molar-refractivity contribution is -0.385. The third-order valence-corrected chi connectivity index (χ3v) is 2.88. The van der Waals surface area contributed by atoms with Gasteiger partial charge in [-0.15, -0.1) is 0 Å². The first-order valence-corrected chi connectivity index (χ1v) is 6.47. The summed E-state index contributed by atoms with van der Waals surface area (Å²) in [6.45, 7) is 0.675. The van der Waals surface area contributed by atoms with E-state index < -0.39 is 11.3 Å². The lowest BCUT2D eigenvalue weighted by Gasteiger charge is -2.11. The van der Waals surface area contributed by atoms with Crippen molar-refractivity contribution >= 4 is 11.4 Å². The quantitative estimate of drug-likeness (QED) is 0.414. The molecule has 0 fully saturated rings. The second-order valence-corrected chi connectivity index (χ2v) is 4.39. The van der Waals surface area contributed by atoms with Crippen molar-refractivity contribution in [3.05, 3.63) is 33.9 Å². The van der Waals surface area contributed by atoms with Crippen LogP contribution in [-0.4, -0.2) is 23.2 Å². The van der Waals surface area contributed by atoms with E-state index in [4.69, 9.17) is 5.11 Å². The van der Waals surface area contributed by atoms with E-state index >= 15 is 0 Å². The number of nitro benzene ring substituents is 1. The van der Waals surface area contributed by atoms with E-state index in [9.17, 15) is 18.9 Å². The molecule has 5 nitrogen and oxygen atoms in total. The summed E-state index contributed by atoms with van der Waals surface area (Å²) >= 11 is 0. The summed E-state index contributed by atoms with van der Waals surface area (Å²) in [6, 6.07) is 3.42. The number of benzene rings is 1. The average Bonchev–Trinajstić information content (AvgIpc) is 2.42. The molecule has 0 bridgehead atoms. The molecular weight excluding hydrogens is 270 g/mol. The Morgan fingerprint density at radius 1 is 1.25 bits per heavy atom. The van der Waals surface area contributed by atoms with Gasteiger partial charge < -0.3 is 10.4 Å². The van der Waals surface area contributed by atoms with Crippen LogP contribution in [0.4, 0.5) is 20.2 Å². The number of aliphatic hydroxyl groups excluding tert-OH is 1. The van der Waals surface area contributed by atoms with Gasteiger partial charge in [0.25, 0.3) is 12.1 Å². The van der Waals surface area contributed by atoms with Gasteiger partial charge in [0.05, 0.1) is 4.92 Å². The molecule has 20 heavy (non-hydrogen) atoms. The monoisotopic (exact) mass is 288 g/mol. The summed E-state index contributed by atoms with van der Waals surface area (Å²) < 4.78 is 25.7. The van der Waals surface area contributed by atoms with E-state index in [1.807, 2.05) is 0 Å². The zero-order valence-corrected chi connectivity index (χ0v) is 11.0. The van der Waals surface area contributed by atoms with Crippen LogP contribution in [-0.2, 0) is 0 Å². The summed E-state index contributed by atoms with van der Waals surface area (Å²) in [4.78, 5) is 9.88. The first-order chi connectivity index (χ1) is 9.56. The second-order valence-electron chi connectivity index (χ2n) is 4.39. The molecule has 0 unspecified atom stereocenters. The van der Waals surface area contributed by atoms with Crippen LogP contribution >= 0.6 is 0 Å². The molecule has 2 N–H and O–H groups in total. The predicted molar refractivity (Wildman–Crippen MR) is 72.1 cm³/mol. The maximum Gasteiger partial charge on any atom is 0.270 e. The van der Waals surface area contributed by atoms with Crippen LogP contribution in [0, 0.1) is 10.1 Å². The molecule has 0 heterocycles. The molecule has 0 aromatic heterocycles. The molecule has 1 rings (SSSR count). The molecule has 0 aliphatic rings. The second kappa shape index (κ2) is 8.42. The maximum atomic E-state index is 12.9. The number of nitrogens with zero attached hydrogens (tertiary/aromatic N) is 1. The average molecular weight is 288 g/mol. The molecule has 1 aromatic rings. The number of anilines is 1. The summed E-state index contributed by atoms with van der Waals surface area (Å²) in [5.41, 5.74) is -0.462. The minimum absolute atomic E-state index is 0.158. The van der Waals surface area contributed by atoms with Crippen LogP contribution in [0.15, 0.2) is 18.2 Å². The van der Waals surface area contributed by atoms with Gasteiger partial charge in [0.15, 0.2) is 0 Å². The lowest BCUT2D eigenvalue weighted by atomic mass is 10.1. The summed E-state index contributed by atoms with van der Waals surface area (Å²) in [5.74, 6) is 0. The Hall–Kier alpha value is -1.76. The molecule has 0 saturated heterocycles. The number of hydrogen-bond acceptors (Lipinski definition) is 4. The van der Waals surface area contributed by atoms with Gasteiger partial charge in [0, 0.05) is 36.5 Å². The number of unbranched alkanes of at least 4 members (excludes halogenated alkanes) is 3. The fourth-order valence-electron chi connectivity index (χ4n) is 1.82. The maximum absolute atomic E-state index is 12.9. The van der Waals surface area contributed by atoms with Gasteiger partial charge in [-0.05, 0) is 18.9 Å². The number of rotatable bonds is 9. The van der Waals surface area contributed by atoms with E-state index in [0.717, 1.165) is 31.7 Å². The topological polar surface area (TPSA) is 75.4 Å². The van der Waals surface area contributed by atoms with Crippen LogP contribution in [0.3, 0.4) is 0 Å². The van der Waals surface area contributed by atoms with Crippen LogP contribution in [0.25, 0.3) is 0 Å². The summed E-state index contributed by atoms with van der Waals surface area (Å²) in [7, 11) is 0. The zero-order valence-electron chi connectivity index (χ0n) is 11.0. The van der Waals surface area contributed by atoms with Crippen molar-refractivity contribution < 1.29 is 18.8 Å². The Balaban J connectivity index is 2.58. The van der Waals surface area contributed by atoms with Crippen molar-refractivity contribution in [1.29, 1.82) is 0 Å². The van der Waals surface area contributed by atoms with Gasteiger partial charge in [-0.2, -0.15) is 0 Å². The van der Waals surface area contributed by atoms with Crippen molar-refractivity contribution in [2.45, 2.75) is 32.1 Å². The van der Waals surface area contributed by atoms with Crippen molar-refractivity contribution in [3.63, 3.8) is 0 Å². The van der Waals surface area contributed by atoms with Crippen molar-refractivity contribution in [2.75, 3.05) is 18.5 Å². The van der Waals surface area contributed by atoms with Crippen LogP contribution in [0.5, 0.6) is 0 Å². The molecular formula is C13H18F2N2O3. The molecule has 7 heteroatoms. The Morgan fingerprint density at radius 2 is 1.95 bits per heavy atom. The van der Waals surface area contributed by atoms with E-state index in [1.165, 1.54) is 12.1 Å². The number of aliphatic hydroxyl groups is 1. The minimum Gasteiger partial charge on any atom is -0.396 e. The van der Waals surface area contributed by atoms with Gasteiger partial charge in [0.2, 0.25) is 0 Å². The Morgan fingerprint density at radius 3 is 2.55 bits per heavy atom. The predicted octanol–water partition coefficient (Wildman–Crippen LogP) is 3.50. The first-order valence-electron chi connectivity index (χ1n) is 6.47. The first kappa shape index (κ1) is 16.3. The Labute approximate surface area is 115 Å². The highest BCUT2D eigenvalue weighted by molar-refractivity contribution is 5.56. The Kier molecular flexibility index (Phi) is 6.86. The lowest BCUT2D eigenvalue weighted by Crippen LogP contribution is -2.05. The molecule has 112 valence electrons. The van der Waals surface area contributed by atoms with E-state index in [-0.39, 0.29) is 23.5 Å². The number of nitro groups is 1. The molecule has 0 spiro atoms. The smallest absolute Gasteiger partial charge is 0.270 e. The zero-order chi connectivity index (χ0) is 15.0. The molecule has 1 aromatic carbocycles. The normalized spacial score (nSPS) is 10.8. The van der Waals surface area contributed by atoms with Crippen molar-refractivity contribution in [2.24, 2.45) is 0 Å². The fourth-order valence-corrected chi connectivity index (χ4v) is 1.82.